The molecule has 4 rings (SSSR count). The van der Waals surface area contributed by atoms with Crippen LogP contribution in [0.4, 0.5) is 0 Å². The second-order valence-electron chi connectivity index (χ2n) is 8.30. The maximum atomic E-state index is 13.0. The van der Waals surface area contributed by atoms with Gasteiger partial charge in [0.25, 0.3) is 0 Å². The summed E-state index contributed by atoms with van der Waals surface area (Å²) in [6.07, 6.45) is 1.38. The normalized spacial score (nSPS) is 14.8. The lowest BCUT2D eigenvalue weighted by Crippen LogP contribution is -2.36. The summed E-state index contributed by atoms with van der Waals surface area (Å²) in [5, 5.41) is 11.3. The van der Waals surface area contributed by atoms with Gasteiger partial charge in [0.1, 0.15) is 22.8 Å². The largest absolute Gasteiger partial charge is 0.507 e. The molecule has 34 heavy (non-hydrogen) atoms. The molecule has 3 aromatic rings. The van der Waals surface area contributed by atoms with Crippen molar-refractivity contribution in [2.24, 2.45) is 5.92 Å². The fourth-order valence-electron chi connectivity index (χ4n) is 4.40. The van der Waals surface area contributed by atoms with Crippen LogP contribution in [0.3, 0.4) is 0 Å². The number of likely N-dealkylation sites (tertiary alicyclic amines) is 1. The summed E-state index contributed by atoms with van der Waals surface area (Å²) >= 11 is 0. The van der Waals surface area contributed by atoms with Gasteiger partial charge in [-0.2, -0.15) is 0 Å². The van der Waals surface area contributed by atoms with E-state index >= 15 is 0 Å². The smallest absolute Gasteiger partial charge is 0.344 e. The highest BCUT2D eigenvalue weighted by molar-refractivity contribution is 5.86. The third kappa shape index (κ3) is 4.72. The van der Waals surface area contributed by atoms with Crippen molar-refractivity contribution in [2.75, 3.05) is 33.9 Å². The number of fused-ring (bicyclic) bond motifs is 1. The number of rotatable bonds is 7. The van der Waals surface area contributed by atoms with E-state index in [1.807, 2.05) is 0 Å². The molecule has 0 aliphatic carbocycles. The Hall–Kier alpha value is -3.52. The predicted molar refractivity (Wildman–Crippen MR) is 127 cm³/mol. The van der Waals surface area contributed by atoms with Gasteiger partial charge in [-0.3, -0.25) is 9.69 Å². The Morgan fingerprint density at radius 1 is 1.09 bits per heavy atom. The molecule has 1 N–H and O–H groups in total. The Bertz CT molecular complexity index is 1240. The summed E-state index contributed by atoms with van der Waals surface area (Å²) in [5.74, 6) is 0.928. The van der Waals surface area contributed by atoms with Crippen molar-refractivity contribution in [1.82, 2.24) is 4.90 Å². The third-order valence-corrected chi connectivity index (χ3v) is 6.27. The van der Waals surface area contributed by atoms with E-state index in [1.54, 1.807) is 50.4 Å². The van der Waals surface area contributed by atoms with Crippen LogP contribution in [0.2, 0.25) is 0 Å². The van der Waals surface area contributed by atoms with Gasteiger partial charge >= 0.3 is 11.6 Å². The molecule has 0 radical (unpaired) electrons. The number of piperidine rings is 1. The van der Waals surface area contributed by atoms with Crippen molar-refractivity contribution in [2.45, 2.75) is 26.3 Å². The molecule has 0 amide bonds. The summed E-state index contributed by atoms with van der Waals surface area (Å²) < 4.78 is 21.6. The first-order valence-electron chi connectivity index (χ1n) is 11.3. The molecular weight excluding hydrogens is 438 g/mol. The van der Waals surface area contributed by atoms with Crippen molar-refractivity contribution in [3.05, 3.63) is 52.4 Å². The topological polar surface area (TPSA) is 98.4 Å². The van der Waals surface area contributed by atoms with E-state index in [-0.39, 0.29) is 17.6 Å². The molecule has 2 heterocycles. The Balaban J connectivity index is 1.63. The van der Waals surface area contributed by atoms with Gasteiger partial charge in [0.2, 0.25) is 0 Å². The van der Waals surface area contributed by atoms with Crippen LogP contribution in [-0.4, -0.2) is 49.9 Å². The molecule has 0 unspecified atom stereocenters. The number of carbonyl (C=O) groups excluding carboxylic acids is 1. The average Bonchev–Trinajstić information content (AvgIpc) is 2.86. The molecule has 0 bridgehead atoms. The number of ether oxygens (including phenoxy) is 3. The molecule has 1 aliphatic heterocycles. The van der Waals surface area contributed by atoms with Gasteiger partial charge < -0.3 is 23.7 Å². The highest BCUT2D eigenvalue weighted by Gasteiger charge is 2.27. The molecule has 1 fully saturated rings. The molecule has 0 saturated carbocycles. The SMILES string of the molecule is CCOC(=O)C1CCN(Cc2c(O)ccc3cc(-c4ccc(OC)cc4OC)c(=O)oc23)CC1. The van der Waals surface area contributed by atoms with Crippen LogP contribution in [-0.2, 0) is 16.1 Å². The number of aromatic hydroxyl groups is 1. The molecule has 8 nitrogen and oxygen atoms in total. The van der Waals surface area contributed by atoms with Crippen molar-refractivity contribution in [3.63, 3.8) is 0 Å². The number of phenolic OH excluding ortho intramolecular Hbond substituents is 1. The molecule has 2 aromatic carbocycles. The Morgan fingerprint density at radius 2 is 1.85 bits per heavy atom. The van der Waals surface area contributed by atoms with Crippen molar-refractivity contribution in [1.29, 1.82) is 0 Å². The zero-order chi connectivity index (χ0) is 24.2. The Kier molecular flexibility index (Phi) is 7.07. The van der Waals surface area contributed by atoms with Crippen LogP contribution in [0.1, 0.15) is 25.3 Å². The first kappa shape index (κ1) is 23.6. The van der Waals surface area contributed by atoms with Crippen LogP contribution < -0.4 is 15.1 Å². The summed E-state index contributed by atoms with van der Waals surface area (Å²) in [5.41, 5.74) is 1.34. The number of phenols is 1. The standard InChI is InChI=1S/C26H29NO7/c1-4-33-25(29)16-9-11-27(12-10-16)15-21-22(28)8-5-17-13-20(26(30)34-24(17)21)19-7-6-18(31-2)14-23(19)32-3/h5-8,13-14,16,28H,4,9-12,15H2,1-3H3. The van der Waals surface area contributed by atoms with Crippen LogP contribution >= 0.6 is 0 Å². The van der Waals surface area contributed by atoms with E-state index in [1.165, 1.54) is 7.11 Å². The van der Waals surface area contributed by atoms with E-state index in [0.717, 1.165) is 0 Å². The third-order valence-electron chi connectivity index (χ3n) is 6.27. The maximum absolute atomic E-state index is 13.0. The molecular formula is C26H29NO7. The molecule has 1 aliphatic rings. The molecule has 180 valence electrons. The number of nitrogens with zero attached hydrogens (tertiary/aromatic N) is 1. The van der Waals surface area contributed by atoms with Crippen molar-refractivity contribution < 1.29 is 28.5 Å². The Morgan fingerprint density at radius 3 is 2.53 bits per heavy atom. The van der Waals surface area contributed by atoms with Crippen LogP contribution in [0, 0.1) is 5.92 Å². The van der Waals surface area contributed by atoms with Crippen molar-refractivity contribution in [3.8, 4) is 28.4 Å². The quantitative estimate of drug-likeness (QED) is 0.412. The molecule has 8 heteroatoms. The van der Waals surface area contributed by atoms with E-state index < -0.39 is 5.63 Å². The van der Waals surface area contributed by atoms with Gasteiger partial charge in [0, 0.05) is 23.6 Å². The number of carbonyl (C=O) groups is 1. The van der Waals surface area contributed by atoms with Gasteiger partial charge in [0.15, 0.2) is 0 Å². The molecule has 0 spiro atoms. The second-order valence-corrected chi connectivity index (χ2v) is 8.30. The summed E-state index contributed by atoms with van der Waals surface area (Å²) in [4.78, 5) is 27.1. The van der Waals surface area contributed by atoms with Gasteiger partial charge in [0.05, 0.1) is 37.9 Å². The minimum absolute atomic E-state index is 0.0675. The highest BCUT2D eigenvalue weighted by atomic mass is 16.5. The lowest BCUT2D eigenvalue weighted by atomic mass is 9.96. The monoisotopic (exact) mass is 467 g/mol. The fourth-order valence-corrected chi connectivity index (χ4v) is 4.40. The number of hydrogen-bond donors (Lipinski definition) is 1. The number of esters is 1. The van der Waals surface area contributed by atoms with Crippen LogP contribution in [0.5, 0.6) is 17.2 Å². The number of benzene rings is 2. The molecule has 0 atom stereocenters. The maximum Gasteiger partial charge on any atom is 0.344 e. The van der Waals surface area contributed by atoms with Crippen LogP contribution in [0.25, 0.3) is 22.1 Å². The van der Waals surface area contributed by atoms with E-state index in [2.05, 4.69) is 4.90 Å². The Labute approximate surface area is 197 Å². The lowest BCUT2D eigenvalue weighted by molar-refractivity contribution is -0.149. The van der Waals surface area contributed by atoms with Gasteiger partial charge in [-0.05, 0) is 63.2 Å². The lowest BCUT2D eigenvalue weighted by Gasteiger charge is -2.31. The summed E-state index contributed by atoms with van der Waals surface area (Å²) in [7, 11) is 3.09. The van der Waals surface area contributed by atoms with E-state index in [9.17, 15) is 14.7 Å². The highest BCUT2D eigenvalue weighted by Crippen LogP contribution is 2.35. The minimum Gasteiger partial charge on any atom is -0.507 e. The summed E-state index contributed by atoms with van der Waals surface area (Å²) in [6, 6.07) is 10.3. The number of methoxy groups -OCH3 is 2. The predicted octanol–water partition coefficient (Wildman–Crippen LogP) is 3.96. The van der Waals surface area contributed by atoms with Gasteiger partial charge in [-0.1, -0.05) is 0 Å². The number of hydrogen-bond acceptors (Lipinski definition) is 8. The van der Waals surface area contributed by atoms with Gasteiger partial charge in [-0.15, -0.1) is 0 Å². The molecule has 1 aromatic heterocycles. The fraction of sp³-hybridized carbons (Fsp3) is 0.385. The van der Waals surface area contributed by atoms with E-state index in [4.69, 9.17) is 18.6 Å². The zero-order valence-electron chi connectivity index (χ0n) is 19.6. The summed E-state index contributed by atoms with van der Waals surface area (Å²) in [6.45, 7) is 3.97. The zero-order valence-corrected chi connectivity index (χ0v) is 19.6. The van der Waals surface area contributed by atoms with Gasteiger partial charge in [-0.25, -0.2) is 4.79 Å². The first-order chi connectivity index (χ1) is 16.4. The second kappa shape index (κ2) is 10.2. The first-order valence-corrected chi connectivity index (χ1v) is 11.3. The minimum atomic E-state index is -0.524. The van der Waals surface area contributed by atoms with E-state index in [0.29, 0.717) is 78.2 Å². The molecule has 1 saturated heterocycles. The van der Waals surface area contributed by atoms with Crippen molar-refractivity contribution >= 4 is 16.9 Å². The average molecular weight is 468 g/mol. The van der Waals surface area contributed by atoms with Crippen LogP contribution in [0.15, 0.2) is 45.6 Å².